The van der Waals surface area contributed by atoms with E-state index in [9.17, 15) is 9.90 Å². The van der Waals surface area contributed by atoms with Crippen molar-refractivity contribution in [3.05, 3.63) is 36.0 Å². The molecule has 22 heavy (non-hydrogen) atoms. The SMILES string of the molecule is CC(C)CC(O)CNC(=O)CCc1cn(C)c2ccccc12. The minimum absolute atomic E-state index is 0.00394. The molecule has 0 radical (unpaired) electrons. The van der Waals surface area contributed by atoms with Crippen molar-refractivity contribution in [1.82, 2.24) is 9.88 Å². The molecule has 2 aromatic rings. The molecule has 1 unspecified atom stereocenters. The highest BCUT2D eigenvalue weighted by atomic mass is 16.3. The maximum atomic E-state index is 11.9. The molecule has 4 heteroatoms. The van der Waals surface area contributed by atoms with Gasteiger partial charge < -0.3 is 15.0 Å². The van der Waals surface area contributed by atoms with Crippen molar-refractivity contribution in [3.63, 3.8) is 0 Å². The van der Waals surface area contributed by atoms with E-state index in [4.69, 9.17) is 0 Å². The molecule has 0 spiro atoms. The number of carbonyl (C=O) groups excluding carboxylic acids is 1. The molecule has 2 rings (SSSR count). The van der Waals surface area contributed by atoms with Gasteiger partial charge >= 0.3 is 0 Å². The van der Waals surface area contributed by atoms with Crippen LogP contribution in [0.25, 0.3) is 10.9 Å². The largest absolute Gasteiger partial charge is 0.391 e. The summed E-state index contributed by atoms with van der Waals surface area (Å²) in [5.74, 6) is 0.429. The highest BCUT2D eigenvalue weighted by Gasteiger charge is 2.11. The van der Waals surface area contributed by atoms with Crippen LogP contribution >= 0.6 is 0 Å². The van der Waals surface area contributed by atoms with Gasteiger partial charge in [-0.05, 0) is 30.4 Å². The summed E-state index contributed by atoms with van der Waals surface area (Å²) in [4.78, 5) is 11.9. The minimum atomic E-state index is -0.457. The molecule has 0 bridgehead atoms. The number of fused-ring (bicyclic) bond motifs is 1. The van der Waals surface area contributed by atoms with Crippen LogP contribution in [0.5, 0.6) is 0 Å². The lowest BCUT2D eigenvalue weighted by atomic mass is 10.1. The highest BCUT2D eigenvalue weighted by Crippen LogP contribution is 2.21. The molecule has 0 aliphatic carbocycles. The summed E-state index contributed by atoms with van der Waals surface area (Å²) in [6, 6.07) is 8.22. The Hall–Kier alpha value is -1.81. The lowest BCUT2D eigenvalue weighted by Gasteiger charge is -2.13. The Labute approximate surface area is 132 Å². The number of rotatable bonds is 7. The van der Waals surface area contributed by atoms with Gasteiger partial charge in [0.05, 0.1) is 6.10 Å². The van der Waals surface area contributed by atoms with Crippen molar-refractivity contribution in [2.24, 2.45) is 13.0 Å². The predicted molar refractivity (Wildman–Crippen MR) is 89.7 cm³/mol. The van der Waals surface area contributed by atoms with E-state index in [-0.39, 0.29) is 5.91 Å². The summed E-state index contributed by atoms with van der Waals surface area (Å²) in [5.41, 5.74) is 2.38. The van der Waals surface area contributed by atoms with E-state index < -0.39 is 6.10 Å². The summed E-state index contributed by atoms with van der Waals surface area (Å²) in [6.45, 7) is 4.46. The summed E-state index contributed by atoms with van der Waals surface area (Å²) in [6.07, 6.45) is 3.51. The fraction of sp³-hybridized carbons (Fsp3) is 0.500. The lowest BCUT2D eigenvalue weighted by Crippen LogP contribution is -2.32. The van der Waals surface area contributed by atoms with Crippen molar-refractivity contribution in [3.8, 4) is 0 Å². The lowest BCUT2D eigenvalue weighted by molar-refractivity contribution is -0.121. The first-order chi connectivity index (χ1) is 10.5. The average molecular weight is 302 g/mol. The maximum Gasteiger partial charge on any atom is 0.220 e. The Bertz CT molecular complexity index is 631. The van der Waals surface area contributed by atoms with Crippen molar-refractivity contribution < 1.29 is 9.90 Å². The van der Waals surface area contributed by atoms with Gasteiger partial charge in [-0.1, -0.05) is 32.0 Å². The topological polar surface area (TPSA) is 54.3 Å². The molecular weight excluding hydrogens is 276 g/mol. The second kappa shape index (κ2) is 7.45. The van der Waals surface area contributed by atoms with Gasteiger partial charge in [-0.25, -0.2) is 0 Å². The van der Waals surface area contributed by atoms with Crippen LogP contribution in [0.4, 0.5) is 0 Å². The van der Waals surface area contributed by atoms with Crippen LogP contribution in [0, 0.1) is 5.92 Å². The molecule has 0 aliphatic heterocycles. The van der Waals surface area contributed by atoms with E-state index in [0.29, 0.717) is 31.7 Å². The van der Waals surface area contributed by atoms with Crippen molar-refractivity contribution in [1.29, 1.82) is 0 Å². The molecule has 120 valence electrons. The van der Waals surface area contributed by atoms with Gasteiger partial charge in [0.15, 0.2) is 0 Å². The standard InChI is InChI=1S/C18H26N2O2/c1-13(2)10-15(21)11-19-18(22)9-8-14-12-20(3)17-7-5-4-6-16(14)17/h4-7,12-13,15,21H,8-11H2,1-3H3,(H,19,22). The number of aromatic nitrogens is 1. The van der Waals surface area contributed by atoms with Gasteiger partial charge in [-0.15, -0.1) is 0 Å². The first-order valence-corrected chi connectivity index (χ1v) is 7.95. The Morgan fingerprint density at radius 1 is 1.32 bits per heavy atom. The molecule has 0 fully saturated rings. The van der Waals surface area contributed by atoms with E-state index >= 15 is 0 Å². The number of hydrogen-bond acceptors (Lipinski definition) is 2. The van der Waals surface area contributed by atoms with Crippen LogP contribution < -0.4 is 5.32 Å². The van der Waals surface area contributed by atoms with Gasteiger partial charge in [0.25, 0.3) is 0 Å². The second-order valence-electron chi connectivity index (χ2n) is 6.37. The van der Waals surface area contributed by atoms with Gasteiger partial charge in [0.2, 0.25) is 5.91 Å². The number of aliphatic hydroxyl groups is 1. The molecule has 0 saturated heterocycles. The van der Waals surface area contributed by atoms with Gasteiger partial charge in [-0.2, -0.15) is 0 Å². The summed E-state index contributed by atoms with van der Waals surface area (Å²) >= 11 is 0. The van der Waals surface area contributed by atoms with E-state index in [1.165, 1.54) is 16.5 Å². The number of nitrogens with one attached hydrogen (secondary N) is 1. The maximum absolute atomic E-state index is 11.9. The Kier molecular flexibility index (Phi) is 5.61. The van der Waals surface area contributed by atoms with Crippen molar-refractivity contribution in [2.45, 2.75) is 39.2 Å². The summed E-state index contributed by atoms with van der Waals surface area (Å²) in [7, 11) is 2.02. The van der Waals surface area contributed by atoms with Crippen LogP contribution in [0.2, 0.25) is 0 Å². The molecule has 1 aromatic carbocycles. The normalized spacial score (nSPS) is 12.8. The Morgan fingerprint density at radius 3 is 2.77 bits per heavy atom. The zero-order chi connectivity index (χ0) is 16.1. The van der Waals surface area contributed by atoms with Crippen molar-refractivity contribution >= 4 is 16.8 Å². The molecule has 0 aliphatic rings. The first kappa shape index (κ1) is 16.6. The van der Waals surface area contributed by atoms with E-state index in [1.54, 1.807) is 0 Å². The number of nitrogens with zero attached hydrogens (tertiary/aromatic N) is 1. The number of benzene rings is 1. The quantitative estimate of drug-likeness (QED) is 0.826. The molecule has 1 amide bonds. The third-order valence-corrected chi connectivity index (χ3v) is 3.88. The van der Waals surface area contributed by atoms with E-state index in [2.05, 4.69) is 42.1 Å². The van der Waals surface area contributed by atoms with Crippen LogP contribution in [0.15, 0.2) is 30.5 Å². The zero-order valence-corrected chi connectivity index (χ0v) is 13.7. The Morgan fingerprint density at radius 2 is 2.05 bits per heavy atom. The number of aryl methyl sites for hydroxylation is 2. The number of carbonyl (C=O) groups is 1. The van der Waals surface area contributed by atoms with Crippen molar-refractivity contribution in [2.75, 3.05) is 6.54 Å². The molecule has 1 atom stereocenters. The number of aliphatic hydroxyl groups excluding tert-OH is 1. The summed E-state index contributed by atoms with van der Waals surface area (Å²) in [5, 5.41) is 13.8. The van der Waals surface area contributed by atoms with Gasteiger partial charge in [0, 0.05) is 37.1 Å². The van der Waals surface area contributed by atoms with Gasteiger partial charge in [-0.3, -0.25) is 4.79 Å². The number of para-hydroxylation sites is 1. The number of hydrogen-bond donors (Lipinski definition) is 2. The Balaban J connectivity index is 1.85. The molecule has 2 N–H and O–H groups in total. The second-order valence-corrected chi connectivity index (χ2v) is 6.37. The molecular formula is C18H26N2O2. The summed E-state index contributed by atoms with van der Waals surface area (Å²) < 4.78 is 2.09. The van der Waals surface area contributed by atoms with Crippen LogP contribution in [-0.2, 0) is 18.3 Å². The van der Waals surface area contributed by atoms with E-state index in [1.807, 2.05) is 19.2 Å². The fourth-order valence-electron chi connectivity index (χ4n) is 2.82. The molecule has 1 aromatic heterocycles. The van der Waals surface area contributed by atoms with Crippen LogP contribution in [0.1, 0.15) is 32.3 Å². The monoisotopic (exact) mass is 302 g/mol. The highest BCUT2D eigenvalue weighted by molar-refractivity contribution is 5.84. The third kappa shape index (κ3) is 4.34. The van der Waals surface area contributed by atoms with E-state index in [0.717, 1.165) is 0 Å². The third-order valence-electron chi connectivity index (χ3n) is 3.88. The molecule has 4 nitrogen and oxygen atoms in total. The number of amides is 1. The fourth-order valence-corrected chi connectivity index (χ4v) is 2.82. The van der Waals surface area contributed by atoms with Gasteiger partial charge in [0.1, 0.15) is 0 Å². The molecule has 0 saturated carbocycles. The average Bonchev–Trinajstić information content (AvgIpc) is 2.79. The first-order valence-electron chi connectivity index (χ1n) is 7.95. The van der Waals surface area contributed by atoms with Crippen LogP contribution in [-0.4, -0.2) is 28.2 Å². The predicted octanol–water partition coefficient (Wildman–Crippen LogP) is 2.63. The minimum Gasteiger partial charge on any atom is -0.391 e. The smallest absolute Gasteiger partial charge is 0.220 e. The van der Waals surface area contributed by atoms with Crippen LogP contribution in [0.3, 0.4) is 0 Å². The zero-order valence-electron chi connectivity index (χ0n) is 13.7. The molecule has 1 heterocycles.